The van der Waals surface area contributed by atoms with Crippen LogP contribution in [0.1, 0.15) is 50.5 Å². The van der Waals surface area contributed by atoms with Gasteiger partial charge in [0.25, 0.3) is 0 Å². The Bertz CT molecular complexity index is 564. The molecule has 5 nitrogen and oxygen atoms in total. The summed E-state index contributed by atoms with van der Waals surface area (Å²) in [6.45, 7) is 4.28. The average Bonchev–Trinajstić information content (AvgIpc) is 3.22. The lowest BCUT2D eigenvalue weighted by Crippen LogP contribution is -2.45. The van der Waals surface area contributed by atoms with E-state index in [9.17, 15) is 0 Å². The summed E-state index contributed by atoms with van der Waals surface area (Å²) in [6, 6.07) is 11.0. The Balaban J connectivity index is 1.39. The van der Waals surface area contributed by atoms with Gasteiger partial charge in [0.2, 0.25) is 0 Å². The third-order valence-corrected chi connectivity index (χ3v) is 5.90. The van der Waals surface area contributed by atoms with Gasteiger partial charge in [-0.15, -0.1) is 0 Å². The highest BCUT2D eigenvalue weighted by Gasteiger charge is 2.35. The van der Waals surface area contributed by atoms with E-state index in [0.717, 1.165) is 58.1 Å². The fourth-order valence-corrected chi connectivity index (χ4v) is 4.26. The van der Waals surface area contributed by atoms with E-state index < -0.39 is 0 Å². The molecule has 0 spiro atoms. The van der Waals surface area contributed by atoms with Gasteiger partial charge in [-0.05, 0) is 37.7 Å². The van der Waals surface area contributed by atoms with E-state index in [4.69, 9.17) is 9.47 Å². The molecule has 1 heterocycles. The average molecular weight is 374 g/mol. The van der Waals surface area contributed by atoms with E-state index in [0.29, 0.717) is 6.10 Å². The van der Waals surface area contributed by atoms with E-state index in [1.807, 2.05) is 7.05 Å². The molecule has 0 aromatic heterocycles. The zero-order valence-corrected chi connectivity index (χ0v) is 16.7. The zero-order chi connectivity index (χ0) is 18.8. The van der Waals surface area contributed by atoms with Crippen molar-refractivity contribution in [2.45, 2.75) is 56.5 Å². The van der Waals surface area contributed by atoms with Crippen molar-refractivity contribution < 1.29 is 9.47 Å². The second kappa shape index (κ2) is 10.7. The van der Waals surface area contributed by atoms with Crippen LogP contribution in [0.15, 0.2) is 35.3 Å². The van der Waals surface area contributed by atoms with Gasteiger partial charge in [-0.25, -0.2) is 0 Å². The molecule has 0 bridgehead atoms. The van der Waals surface area contributed by atoms with Crippen molar-refractivity contribution in [2.24, 2.45) is 4.99 Å². The molecule has 27 heavy (non-hydrogen) atoms. The minimum absolute atomic E-state index is 0.241. The molecule has 1 aliphatic carbocycles. The fraction of sp³-hybridized carbons (Fsp3) is 0.682. The summed E-state index contributed by atoms with van der Waals surface area (Å²) in [5, 5.41) is 7.01. The lowest BCUT2D eigenvalue weighted by Gasteiger charge is -2.30. The van der Waals surface area contributed by atoms with Crippen LogP contribution in [0.25, 0.3) is 0 Å². The molecule has 2 N–H and O–H groups in total. The van der Waals surface area contributed by atoms with Crippen LogP contribution in [-0.2, 0) is 14.9 Å². The highest BCUT2D eigenvalue weighted by molar-refractivity contribution is 5.79. The number of guanidine groups is 1. The highest BCUT2D eigenvalue weighted by atomic mass is 16.5. The number of nitrogens with one attached hydrogen (secondary N) is 2. The quantitative estimate of drug-likeness (QED) is 0.417. The van der Waals surface area contributed by atoms with Crippen molar-refractivity contribution >= 4 is 5.96 Å². The van der Waals surface area contributed by atoms with Gasteiger partial charge < -0.3 is 20.1 Å². The maximum absolute atomic E-state index is 5.93. The van der Waals surface area contributed by atoms with Crippen molar-refractivity contribution in [2.75, 3.05) is 40.0 Å². The number of nitrogens with zero attached hydrogens (tertiary/aromatic N) is 1. The first kappa shape index (κ1) is 20.2. The van der Waals surface area contributed by atoms with Gasteiger partial charge >= 0.3 is 0 Å². The minimum Gasteiger partial charge on any atom is -0.381 e. The van der Waals surface area contributed by atoms with Gasteiger partial charge in [-0.2, -0.15) is 0 Å². The number of aliphatic imine (C=N–C) groups is 1. The highest BCUT2D eigenvalue weighted by Crippen LogP contribution is 2.40. The number of benzene rings is 1. The molecule has 1 aromatic rings. The van der Waals surface area contributed by atoms with Crippen LogP contribution in [0.4, 0.5) is 0 Å². The van der Waals surface area contributed by atoms with Crippen molar-refractivity contribution in [1.29, 1.82) is 0 Å². The van der Waals surface area contributed by atoms with Gasteiger partial charge in [-0.1, -0.05) is 43.2 Å². The molecule has 1 saturated heterocycles. The van der Waals surface area contributed by atoms with Crippen LogP contribution in [0, 0.1) is 0 Å². The molecule has 2 aliphatic rings. The van der Waals surface area contributed by atoms with Gasteiger partial charge in [0, 0.05) is 45.4 Å². The monoisotopic (exact) mass is 373 g/mol. The van der Waals surface area contributed by atoms with E-state index in [2.05, 4.69) is 46.0 Å². The summed E-state index contributed by atoms with van der Waals surface area (Å²) in [4.78, 5) is 4.40. The summed E-state index contributed by atoms with van der Waals surface area (Å²) >= 11 is 0. The molecule has 0 radical (unpaired) electrons. The van der Waals surface area contributed by atoms with E-state index >= 15 is 0 Å². The summed E-state index contributed by atoms with van der Waals surface area (Å²) in [5.41, 5.74) is 1.70. The lowest BCUT2D eigenvalue weighted by atomic mass is 9.79. The van der Waals surface area contributed by atoms with Gasteiger partial charge in [0.05, 0.1) is 6.10 Å². The van der Waals surface area contributed by atoms with E-state index in [1.165, 1.54) is 31.2 Å². The molecule has 150 valence electrons. The molecular weight excluding hydrogens is 338 g/mol. The molecule has 1 aliphatic heterocycles. The molecule has 1 saturated carbocycles. The third kappa shape index (κ3) is 5.94. The normalized spacial score (nSPS) is 20.6. The van der Waals surface area contributed by atoms with Crippen LogP contribution in [0.5, 0.6) is 0 Å². The van der Waals surface area contributed by atoms with E-state index in [1.54, 1.807) is 0 Å². The lowest BCUT2D eigenvalue weighted by molar-refractivity contribution is -0.0320. The molecule has 0 atom stereocenters. The Kier molecular flexibility index (Phi) is 7.96. The molecule has 3 rings (SSSR count). The van der Waals surface area contributed by atoms with Crippen molar-refractivity contribution in [3.63, 3.8) is 0 Å². The molecule has 0 amide bonds. The predicted molar refractivity (Wildman–Crippen MR) is 110 cm³/mol. The van der Waals surface area contributed by atoms with E-state index in [-0.39, 0.29) is 5.41 Å². The van der Waals surface area contributed by atoms with Crippen LogP contribution >= 0.6 is 0 Å². The Morgan fingerprint density at radius 2 is 1.89 bits per heavy atom. The SMILES string of the molecule is CN=C(NCCCOC1CCOCC1)NCC1(c2ccccc2)CCCC1. The fourth-order valence-electron chi connectivity index (χ4n) is 4.26. The second-order valence-electron chi connectivity index (χ2n) is 7.74. The maximum atomic E-state index is 5.93. The standard InChI is InChI=1S/C22H35N3O2/c1-23-21(24-14-7-15-27-20-10-16-26-17-11-20)25-18-22(12-5-6-13-22)19-8-3-2-4-9-19/h2-4,8-9,20H,5-7,10-18H2,1H3,(H2,23,24,25). The van der Waals surface area contributed by atoms with Crippen LogP contribution in [0.2, 0.25) is 0 Å². The number of rotatable bonds is 8. The summed E-state index contributed by atoms with van der Waals surface area (Å²) < 4.78 is 11.3. The summed E-state index contributed by atoms with van der Waals surface area (Å²) in [6.07, 6.45) is 8.54. The maximum Gasteiger partial charge on any atom is 0.191 e. The molecule has 2 fully saturated rings. The molecule has 0 unspecified atom stereocenters. The summed E-state index contributed by atoms with van der Waals surface area (Å²) in [5.74, 6) is 0.892. The van der Waals surface area contributed by atoms with Gasteiger partial charge in [0.15, 0.2) is 5.96 Å². The van der Waals surface area contributed by atoms with Crippen molar-refractivity contribution in [1.82, 2.24) is 10.6 Å². The Labute approximate surface area is 163 Å². The molecule has 1 aromatic carbocycles. The number of ether oxygens (including phenoxy) is 2. The Morgan fingerprint density at radius 3 is 2.59 bits per heavy atom. The Morgan fingerprint density at radius 1 is 1.15 bits per heavy atom. The second-order valence-corrected chi connectivity index (χ2v) is 7.74. The smallest absolute Gasteiger partial charge is 0.191 e. The Hall–Kier alpha value is -1.59. The van der Waals surface area contributed by atoms with Crippen LogP contribution < -0.4 is 10.6 Å². The van der Waals surface area contributed by atoms with Gasteiger partial charge in [-0.3, -0.25) is 4.99 Å². The first-order valence-corrected chi connectivity index (χ1v) is 10.5. The topological polar surface area (TPSA) is 54.9 Å². The summed E-state index contributed by atoms with van der Waals surface area (Å²) in [7, 11) is 1.84. The predicted octanol–water partition coefficient (Wildman–Crippen LogP) is 3.25. The largest absolute Gasteiger partial charge is 0.381 e. The number of hydrogen-bond donors (Lipinski definition) is 2. The number of hydrogen-bond acceptors (Lipinski definition) is 3. The minimum atomic E-state index is 0.241. The molecular formula is C22H35N3O2. The zero-order valence-electron chi connectivity index (χ0n) is 16.7. The van der Waals surface area contributed by atoms with Crippen LogP contribution in [-0.4, -0.2) is 52.0 Å². The third-order valence-electron chi connectivity index (χ3n) is 5.90. The van der Waals surface area contributed by atoms with Crippen LogP contribution in [0.3, 0.4) is 0 Å². The first-order chi connectivity index (χ1) is 13.3. The first-order valence-electron chi connectivity index (χ1n) is 10.5. The van der Waals surface area contributed by atoms with Crippen molar-refractivity contribution in [3.05, 3.63) is 35.9 Å². The van der Waals surface area contributed by atoms with Crippen molar-refractivity contribution in [3.8, 4) is 0 Å². The van der Waals surface area contributed by atoms with Gasteiger partial charge in [0.1, 0.15) is 0 Å². The molecule has 5 heteroatoms.